The quantitative estimate of drug-likeness (QED) is 0.833. The number of hydrogen-bond donors (Lipinski definition) is 2. The molecule has 0 aromatic heterocycles. The minimum absolute atomic E-state index is 0.00763. The second kappa shape index (κ2) is 6.28. The van der Waals surface area contributed by atoms with Crippen molar-refractivity contribution in [1.82, 2.24) is 10.9 Å². The third-order valence-electron chi connectivity index (χ3n) is 4.92. The lowest BCUT2D eigenvalue weighted by molar-refractivity contribution is -0.135. The lowest BCUT2D eigenvalue weighted by Gasteiger charge is -2.36. The number of nitrogens with one attached hydrogen (secondary N) is 2. The van der Waals surface area contributed by atoms with Gasteiger partial charge in [-0.15, -0.1) is 0 Å². The van der Waals surface area contributed by atoms with E-state index in [1.807, 2.05) is 6.92 Å². The topological polar surface area (TPSA) is 67.4 Å². The van der Waals surface area contributed by atoms with Crippen LogP contribution in [0.2, 0.25) is 0 Å². The maximum Gasteiger partial charge on any atom is 0.249 e. The van der Waals surface area contributed by atoms with E-state index in [1.165, 1.54) is 12.1 Å². The van der Waals surface area contributed by atoms with Crippen molar-refractivity contribution in [2.75, 3.05) is 13.2 Å². The van der Waals surface area contributed by atoms with Gasteiger partial charge in [0, 0.05) is 19.1 Å². The van der Waals surface area contributed by atoms with Gasteiger partial charge in [0.25, 0.3) is 0 Å². The molecule has 2 N–H and O–H groups in total. The van der Waals surface area contributed by atoms with Crippen molar-refractivity contribution >= 4 is 11.8 Å². The van der Waals surface area contributed by atoms with Crippen molar-refractivity contribution in [3.05, 3.63) is 35.6 Å². The highest BCUT2D eigenvalue weighted by atomic mass is 19.1. The number of benzene rings is 1. The van der Waals surface area contributed by atoms with Gasteiger partial charge in [-0.3, -0.25) is 20.4 Å². The summed E-state index contributed by atoms with van der Waals surface area (Å²) in [4.78, 5) is 24.6. The van der Waals surface area contributed by atoms with E-state index in [0.29, 0.717) is 32.0 Å². The van der Waals surface area contributed by atoms with Gasteiger partial charge >= 0.3 is 0 Å². The zero-order valence-electron chi connectivity index (χ0n) is 13.1. The van der Waals surface area contributed by atoms with Crippen molar-refractivity contribution in [3.8, 4) is 0 Å². The average molecular weight is 320 g/mol. The van der Waals surface area contributed by atoms with E-state index in [0.717, 1.165) is 12.0 Å². The molecule has 2 atom stereocenters. The molecule has 1 aromatic carbocycles. The van der Waals surface area contributed by atoms with Crippen LogP contribution < -0.4 is 10.9 Å². The van der Waals surface area contributed by atoms with E-state index in [1.54, 1.807) is 12.1 Å². The van der Waals surface area contributed by atoms with E-state index < -0.39 is 5.41 Å². The van der Waals surface area contributed by atoms with Crippen LogP contribution in [-0.2, 0) is 19.7 Å². The molecule has 1 heterocycles. The molecule has 0 radical (unpaired) electrons. The highest BCUT2D eigenvalue weighted by molar-refractivity contribution is 5.91. The molecule has 0 spiro atoms. The van der Waals surface area contributed by atoms with Gasteiger partial charge in [-0.1, -0.05) is 19.1 Å². The molecule has 2 amide bonds. The summed E-state index contributed by atoms with van der Waals surface area (Å²) < 4.78 is 18.6. The van der Waals surface area contributed by atoms with Crippen LogP contribution in [0.25, 0.3) is 0 Å². The molecule has 1 saturated carbocycles. The predicted molar refractivity (Wildman–Crippen MR) is 81.7 cm³/mol. The maximum atomic E-state index is 13.2. The Labute approximate surface area is 134 Å². The Morgan fingerprint density at radius 3 is 2.35 bits per heavy atom. The summed E-state index contributed by atoms with van der Waals surface area (Å²) in [7, 11) is 0. The van der Waals surface area contributed by atoms with E-state index in [4.69, 9.17) is 4.74 Å². The minimum atomic E-state index is -0.797. The molecule has 3 rings (SSSR count). The standard InChI is InChI=1S/C17H21FN2O3/c1-11-10-14(11)15(21)19-20-16(22)17(6-8-23-9-7-17)12-2-4-13(18)5-3-12/h2-5,11,14H,6-10H2,1H3,(H,19,21)(H,20,22)/t11-,14+/m1/s1. The Kier molecular flexibility index (Phi) is 4.35. The smallest absolute Gasteiger partial charge is 0.249 e. The van der Waals surface area contributed by atoms with Gasteiger partial charge < -0.3 is 4.74 Å². The first-order valence-corrected chi connectivity index (χ1v) is 7.97. The summed E-state index contributed by atoms with van der Waals surface area (Å²) in [5.74, 6) is -0.388. The first kappa shape index (κ1) is 15.9. The molecule has 5 nitrogen and oxygen atoms in total. The van der Waals surface area contributed by atoms with Crippen LogP contribution in [0.3, 0.4) is 0 Å². The van der Waals surface area contributed by atoms with Gasteiger partial charge in [-0.05, 0) is 42.9 Å². The third-order valence-corrected chi connectivity index (χ3v) is 4.92. The molecule has 1 aromatic rings. The lowest BCUT2D eigenvalue weighted by Crippen LogP contribution is -2.54. The largest absolute Gasteiger partial charge is 0.381 e. The minimum Gasteiger partial charge on any atom is -0.381 e. The number of hydrogen-bond acceptors (Lipinski definition) is 3. The number of ether oxygens (including phenoxy) is 1. The van der Waals surface area contributed by atoms with Crippen molar-refractivity contribution in [2.45, 2.75) is 31.6 Å². The SMILES string of the molecule is C[C@@H]1C[C@@H]1C(=O)NNC(=O)C1(c2ccc(F)cc2)CCOCC1. The normalized spacial score (nSPS) is 25.5. The number of halogens is 1. The van der Waals surface area contributed by atoms with Crippen LogP contribution in [-0.4, -0.2) is 25.0 Å². The average Bonchev–Trinajstić information content (AvgIpc) is 3.30. The monoisotopic (exact) mass is 320 g/mol. The molecule has 1 aliphatic carbocycles. The van der Waals surface area contributed by atoms with E-state index in [9.17, 15) is 14.0 Å². The number of hydrazine groups is 1. The fraction of sp³-hybridized carbons (Fsp3) is 0.529. The molecule has 23 heavy (non-hydrogen) atoms. The molecule has 1 aliphatic heterocycles. The van der Waals surface area contributed by atoms with Crippen molar-refractivity contribution in [2.24, 2.45) is 11.8 Å². The van der Waals surface area contributed by atoms with Crippen molar-refractivity contribution in [1.29, 1.82) is 0 Å². The van der Waals surface area contributed by atoms with E-state index in [-0.39, 0.29) is 23.5 Å². The van der Waals surface area contributed by atoms with Crippen LogP contribution >= 0.6 is 0 Å². The summed E-state index contributed by atoms with van der Waals surface area (Å²) in [6.07, 6.45) is 1.86. The Morgan fingerprint density at radius 2 is 1.78 bits per heavy atom. The first-order chi connectivity index (χ1) is 11.0. The second-order valence-electron chi connectivity index (χ2n) is 6.46. The molecule has 0 unspecified atom stereocenters. The second-order valence-corrected chi connectivity index (χ2v) is 6.46. The zero-order chi connectivity index (χ0) is 16.4. The van der Waals surface area contributed by atoms with Gasteiger partial charge in [0.2, 0.25) is 11.8 Å². The highest BCUT2D eigenvalue weighted by Gasteiger charge is 2.43. The van der Waals surface area contributed by atoms with Gasteiger partial charge in [0.1, 0.15) is 5.82 Å². The van der Waals surface area contributed by atoms with Crippen LogP contribution in [0.1, 0.15) is 31.7 Å². The number of carbonyl (C=O) groups excluding carboxylic acids is 2. The zero-order valence-corrected chi connectivity index (χ0v) is 13.1. The van der Waals surface area contributed by atoms with E-state index in [2.05, 4.69) is 10.9 Å². The number of amides is 2. The number of carbonyl (C=O) groups is 2. The number of rotatable bonds is 3. The van der Waals surface area contributed by atoms with Crippen LogP contribution in [0, 0.1) is 17.7 Å². The third kappa shape index (κ3) is 3.22. The fourth-order valence-corrected chi connectivity index (χ4v) is 3.15. The van der Waals surface area contributed by atoms with Gasteiger partial charge in [-0.25, -0.2) is 4.39 Å². The Hall–Kier alpha value is -1.95. The molecule has 0 bridgehead atoms. The Morgan fingerprint density at radius 1 is 1.17 bits per heavy atom. The molecule has 124 valence electrons. The lowest BCUT2D eigenvalue weighted by atomic mass is 9.73. The van der Waals surface area contributed by atoms with Crippen molar-refractivity contribution in [3.63, 3.8) is 0 Å². The van der Waals surface area contributed by atoms with Crippen molar-refractivity contribution < 1.29 is 18.7 Å². The first-order valence-electron chi connectivity index (χ1n) is 7.97. The Balaban J connectivity index is 1.74. The Bertz CT molecular complexity index is 596. The van der Waals surface area contributed by atoms with Crippen LogP contribution in [0.15, 0.2) is 24.3 Å². The van der Waals surface area contributed by atoms with Gasteiger partial charge in [-0.2, -0.15) is 0 Å². The van der Waals surface area contributed by atoms with Gasteiger partial charge in [0.15, 0.2) is 0 Å². The summed E-state index contributed by atoms with van der Waals surface area (Å²) >= 11 is 0. The summed E-state index contributed by atoms with van der Waals surface area (Å²) in [6, 6.07) is 5.96. The highest BCUT2D eigenvalue weighted by Crippen LogP contribution is 2.38. The summed E-state index contributed by atoms with van der Waals surface area (Å²) in [5.41, 5.74) is 5.03. The van der Waals surface area contributed by atoms with Crippen LogP contribution in [0.4, 0.5) is 4.39 Å². The molecular formula is C17H21FN2O3. The summed E-state index contributed by atoms with van der Waals surface area (Å²) in [5, 5.41) is 0. The van der Waals surface area contributed by atoms with Gasteiger partial charge in [0.05, 0.1) is 5.41 Å². The molecule has 6 heteroatoms. The molecular weight excluding hydrogens is 299 g/mol. The summed E-state index contributed by atoms with van der Waals surface area (Å²) in [6.45, 7) is 2.92. The molecule has 1 saturated heterocycles. The maximum absolute atomic E-state index is 13.2. The predicted octanol–water partition coefficient (Wildman–Crippen LogP) is 1.68. The van der Waals surface area contributed by atoms with Crippen LogP contribution in [0.5, 0.6) is 0 Å². The fourth-order valence-electron chi connectivity index (χ4n) is 3.15. The molecule has 2 aliphatic rings. The van der Waals surface area contributed by atoms with E-state index >= 15 is 0 Å². The molecule has 2 fully saturated rings.